The predicted octanol–water partition coefficient (Wildman–Crippen LogP) is 4.63. The summed E-state index contributed by atoms with van der Waals surface area (Å²) in [5.41, 5.74) is 2.79. The maximum absolute atomic E-state index is 13.0. The van der Waals surface area contributed by atoms with E-state index in [-0.39, 0.29) is 5.91 Å². The molecule has 0 aromatic heterocycles. The quantitative estimate of drug-likeness (QED) is 0.793. The molecule has 1 saturated heterocycles. The van der Waals surface area contributed by atoms with Crippen molar-refractivity contribution in [1.82, 2.24) is 4.90 Å². The van der Waals surface area contributed by atoms with Crippen LogP contribution in [0.3, 0.4) is 0 Å². The molecule has 1 aliphatic heterocycles. The van der Waals surface area contributed by atoms with Crippen LogP contribution in [-0.4, -0.2) is 38.1 Å². The Hall–Kier alpha value is -2.49. The van der Waals surface area contributed by atoms with Gasteiger partial charge in [0.1, 0.15) is 11.5 Å². The highest BCUT2D eigenvalue weighted by atomic mass is 16.5. The summed E-state index contributed by atoms with van der Waals surface area (Å²) in [6.45, 7) is 1.84. The summed E-state index contributed by atoms with van der Waals surface area (Å²) in [4.78, 5) is 15.0. The topological polar surface area (TPSA) is 38.8 Å². The third-order valence-corrected chi connectivity index (χ3v) is 5.99. The van der Waals surface area contributed by atoms with E-state index in [9.17, 15) is 4.79 Å². The lowest BCUT2D eigenvalue weighted by molar-refractivity contribution is 0.0504. The van der Waals surface area contributed by atoms with Gasteiger partial charge in [-0.05, 0) is 60.9 Å². The second kappa shape index (κ2) is 7.63. The zero-order valence-electron chi connectivity index (χ0n) is 16.1. The van der Waals surface area contributed by atoms with Gasteiger partial charge in [0.15, 0.2) is 0 Å². The van der Waals surface area contributed by atoms with E-state index >= 15 is 0 Å². The van der Waals surface area contributed by atoms with Crippen LogP contribution in [0.2, 0.25) is 0 Å². The van der Waals surface area contributed by atoms with Crippen LogP contribution in [0.5, 0.6) is 11.5 Å². The molecule has 1 amide bonds. The Morgan fingerprint density at radius 1 is 0.963 bits per heavy atom. The smallest absolute Gasteiger partial charge is 0.253 e. The van der Waals surface area contributed by atoms with Crippen LogP contribution in [0.1, 0.15) is 36.0 Å². The third-order valence-electron chi connectivity index (χ3n) is 5.99. The molecule has 4 heteroatoms. The number of rotatable bonds is 4. The monoisotopic (exact) mass is 365 g/mol. The van der Waals surface area contributed by atoms with Gasteiger partial charge < -0.3 is 14.4 Å². The van der Waals surface area contributed by atoms with Gasteiger partial charge >= 0.3 is 0 Å². The average molecular weight is 365 g/mol. The van der Waals surface area contributed by atoms with Crippen LogP contribution in [0.25, 0.3) is 11.1 Å². The minimum absolute atomic E-state index is 0.167. The van der Waals surface area contributed by atoms with Crippen molar-refractivity contribution < 1.29 is 14.3 Å². The Bertz CT molecular complexity index is 803. The predicted molar refractivity (Wildman–Crippen MR) is 106 cm³/mol. The summed E-state index contributed by atoms with van der Waals surface area (Å²) in [5, 5.41) is 0. The molecule has 2 aromatic carbocycles. The summed E-state index contributed by atoms with van der Waals surface area (Å²) < 4.78 is 10.8. The summed E-state index contributed by atoms with van der Waals surface area (Å²) >= 11 is 0. The Morgan fingerprint density at radius 2 is 1.67 bits per heavy atom. The molecule has 4 nitrogen and oxygen atoms in total. The number of methoxy groups -OCH3 is 2. The molecule has 2 bridgehead atoms. The minimum atomic E-state index is 0.167. The van der Waals surface area contributed by atoms with Gasteiger partial charge in [-0.2, -0.15) is 0 Å². The fourth-order valence-corrected chi connectivity index (χ4v) is 4.61. The average Bonchev–Trinajstić information content (AvgIpc) is 2.72. The van der Waals surface area contributed by atoms with Crippen molar-refractivity contribution in [3.05, 3.63) is 48.0 Å². The van der Waals surface area contributed by atoms with Gasteiger partial charge in [0, 0.05) is 30.3 Å². The number of fused-ring (bicyclic) bond motifs is 2. The number of ether oxygens (including phenoxy) is 2. The molecule has 2 aliphatic rings. The number of piperidine rings is 1. The molecule has 2 fully saturated rings. The summed E-state index contributed by atoms with van der Waals surface area (Å²) in [6.07, 6.45) is 5.18. The molecule has 1 saturated carbocycles. The van der Waals surface area contributed by atoms with E-state index in [4.69, 9.17) is 9.47 Å². The lowest BCUT2D eigenvalue weighted by Crippen LogP contribution is -2.45. The Morgan fingerprint density at radius 3 is 2.30 bits per heavy atom. The van der Waals surface area contributed by atoms with Crippen molar-refractivity contribution in [2.75, 3.05) is 27.3 Å². The van der Waals surface area contributed by atoms with Gasteiger partial charge in [-0.15, -0.1) is 0 Å². The number of likely N-dealkylation sites (tertiary alicyclic amines) is 1. The van der Waals surface area contributed by atoms with E-state index in [1.807, 2.05) is 42.5 Å². The van der Waals surface area contributed by atoms with E-state index < -0.39 is 0 Å². The number of amides is 1. The van der Waals surface area contributed by atoms with Gasteiger partial charge in [0.25, 0.3) is 5.91 Å². The number of hydrogen-bond donors (Lipinski definition) is 0. The summed E-state index contributed by atoms with van der Waals surface area (Å²) in [6, 6.07) is 13.7. The number of hydrogen-bond acceptors (Lipinski definition) is 3. The van der Waals surface area contributed by atoms with Crippen LogP contribution in [0.4, 0.5) is 0 Å². The van der Waals surface area contributed by atoms with Crippen molar-refractivity contribution in [2.45, 2.75) is 25.7 Å². The molecule has 142 valence electrons. The van der Waals surface area contributed by atoms with E-state index in [1.54, 1.807) is 14.2 Å². The minimum Gasteiger partial charge on any atom is -0.497 e. The standard InChI is InChI=1S/C23H27NO3/c1-26-20-10-11-21(22(13-20)27-2)18-6-8-19(9-7-18)23(25)24-14-16-4-3-5-17(12-16)15-24/h6-11,13,16-17H,3-5,12,14-15H2,1-2H3/t16-,17+. The molecule has 4 rings (SSSR count). The van der Waals surface area contributed by atoms with Crippen LogP contribution in [-0.2, 0) is 0 Å². The van der Waals surface area contributed by atoms with Crippen molar-refractivity contribution in [1.29, 1.82) is 0 Å². The lowest BCUT2D eigenvalue weighted by Gasteiger charge is -2.41. The Balaban J connectivity index is 1.53. The van der Waals surface area contributed by atoms with Gasteiger partial charge in [-0.3, -0.25) is 4.79 Å². The van der Waals surface area contributed by atoms with Crippen molar-refractivity contribution in [2.24, 2.45) is 11.8 Å². The van der Waals surface area contributed by atoms with E-state index in [0.717, 1.165) is 41.3 Å². The molecule has 2 aromatic rings. The van der Waals surface area contributed by atoms with Crippen LogP contribution in [0, 0.1) is 11.8 Å². The molecule has 2 atom stereocenters. The van der Waals surface area contributed by atoms with Crippen molar-refractivity contribution >= 4 is 5.91 Å². The van der Waals surface area contributed by atoms with Gasteiger partial charge in [0.05, 0.1) is 14.2 Å². The number of benzene rings is 2. The number of carbonyl (C=O) groups is 1. The summed E-state index contributed by atoms with van der Waals surface area (Å²) in [5.74, 6) is 3.09. The molecule has 1 heterocycles. The molecule has 0 radical (unpaired) electrons. The van der Waals surface area contributed by atoms with Crippen LogP contribution < -0.4 is 9.47 Å². The molecule has 1 aliphatic carbocycles. The number of nitrogens with zero attached hydrogens (tertiary/aromatic N) is 1. The Kier molecular flexibility index (Phi) is 5.06. The first-order valence-corrected chi connectivity index (χ1v) is 9.79. The zero-order chi connectivity index (χ0) is 18.8. The second-order valence-corrected chi connectivity index (χ2v) is 7.75. The summed E-state index contributed by atoms with van der Waals surface area (Å²) in [7, 11) is 3.30. The maximum Gasteiger partial charge on any atom is 0.253 e. The SMILES string of the molecule is COc1ccc(-c2ccc(C(=O)N3C[C@@H]4CCC[C@@H](C4)C3)cc2)c(OC)c1. The lowest BCUT2D eigenvalue weighted by atomic mass is 9.78. The van der Waals surface area contributed by atoms with Gasteiger partial charge in [-0.1, -0.05) is 18.6 Å². The van der Waals surface area contributed by atoms with Crippen molar-refractivity contribution in [3.63, 3.8) is 0 Å². The highest BCUT2D eigenvalue weighted by molar-refractivity contribution is 5.95. The molecular weight excluding hydrogens is 338 g/mol. The zero-order valence-corrected chi connectivity index (χ0v) is 16.1. The van der Waals surface area contributed by atoms with Crippen molar-refractivity contribution in [3.8, 4) is 22.6 Å². The largest absolute Gasteiger partial charge is 0.497 e. The molecule has 0 N–H and O–H groups in total. The highest BCUT2D eigenvalue weighted by Crippen LogP contribution is 2.36. The van der Waals surface area contributed by atoms with Crippen LogP contribution in [0.15, 0.2) is 42.5 Å². The van der Waals surface area contributed by atoms with E-state index in [0.29, 0.717) is 11.8 Å². The first-order chi connectivity index (χ1) is 13.2. The highest BCUT2D eigenvalue weighted by Gasteiger charge is 2.32. The van der Waals surface area contributed by atoms with Gasteiger partial charge in [-0.25, -0.2) is 0 Å². The first kappa shape index (κ1) is 17.9. The molecule has 0 spiro atoms. The molecule has 27 heavy (non-hydrogen) atoms. The maximum atomic E-state index is 13.0. The molecule has 0 unspecified atom stereocenters. The second-order valence-electron chi connectivity index (χ2n) is 7.75. The van der Waals surface area contributed by atoms with E-state index in [2.05, 4.69) is 4.90 Å². The normalized spacial score (nSPS) is 21.6. The van der Waals surface area contributed by atoms with Gasteiger partial charge in [0.2, 0.25) is 0 Å². The fourth-order valence-electron chi connectivity index (χ4n) is 4.61. The Labute approximate surface area is 161 Å². The fraction of sp³-hybridized carbons (Fsp3) is 0.435. The first-order valence-electron chi connectivity index (χ1n) is 9.79. The molecular formula is C23H27NO3. The third kappa shape index (κ3) is 3.66. The number of carbonyl (C=O) groups excluding carboxylic acids is 1. The van der Waals surface area contributed by atoms with E-state index in [1.165, 1.54) is 25.7 Å². The van der Waals surface area contributed by atoms with Crippen LogP contribution >= 0.6 is 0 Å².